The van der Waals surface area contributed by atoms with Gasteiger partial charge in [0, 0.05) is 61.8 Å². The Balaban J connectivity index is 1.16. The number of aliphatic hydroxyl groups is 1. The summed E-state index contributed by atoms with van der Waals surface area (Å²) in [5.41, 5.74) is 2.73. The summed E-state index contributed by atoms with van der Waals surface area (Å²) in [4.78, 5) is 16.7. The van der Waals surface area contributed by atoms with Gasteiger partial charge in [0.05, 0.1) is 23.3 Å². The smallest absolute Gasteiger partial charge is 0.318 e. The van der Waals surface area contributed by atoms with Crippen LogP contribution in [-0.4, -0.2) is 94.6 Å². The fourth-order valence-corrected chi connectivity index (χ4v) is 8.90. The minimum atomic E-state index is -0.847. The van der Waals surface area contributed by atoms with Crippen LogP contribution in [0, 0.1) is 5.82 Å². The van der Waals surface area contributed by atoms with E-state index in [1.807, 2.05) is 6.92 Å². The number of phenols is 1. The lowest BCUT2D eigenvalue weighted by Gasteiger charge is -2.42. The molecule has 4 saturated heterocycles. The Labute approximate surface area is 267 Å². The van der Waals surface area contributed by atoms with E-state index in [0.717, 1.165) is 72.3 Å². The van der Waals surface area contributed by atoms with Gasteiger partial charge in [-0.15, -0.1) is 0 Å². The Hall–Kier alpha value is -3.32. The number of aliphatic hydroxyl groups excluding tert-OH is 1. The number of fused-ring (bicyclic) bond motifs is 3. The maximum absolute atomic E-state index is 15.0. The molecule has 0 saturated carbocycles. The first-order chi connectivity index (χ1) is 22.2. The second kappa shape index (κ2) is 11.4. The van der Waals surface area contributed by atoms with Gasteiger partial charge in [0.2, 0.25) is 0 Å². The van der Waals surface area contributed by atoms with Crippen LogP contribution in [0.3, 0.4) is 0 Å². The Morgan fingerprint density at radius 2 is 1.98 bits per heavy atom. The highest BCUT2D eigenvalue weighted by molar-refractivity contribution is 5.98. The van der Waals surface area contributed by atoms with Crippen molar-refractivity contribution in [2.75, 3.05) is 55.7 Å². The molecule has 2 aromatic carbocycles. The van der Waals surface area contributed by atoms with Crippen LogP contribution in [0.5, 0.6) is 11.8 Å². The number of ether oxygens (including phenoxy) is 1. The number of halogens is 2. The molecule has 0 radical (unpaired) electrons. The predicted octanol–water partition coefficient (Wildman–Crippen LogP) is 3.36. The van der Waals surface area contributed by atoms with Crippen molar-refractivity contribution in [1.82, 2.24) is 25.5 Å². The van der Waals surface area contributed by atoms with Gasteiger partial charge in [-0.2, -0.15) is 9.97 Å². The van der Waals surface area contributed by atoms with Crippen LogP contribution in [0.1, 0.15) is 55.8 Å². The number of nitrogens with one attached hydrogen (secondary N) is 2. The summed E-state index contributed by atoms with van der Waals surface area (Å²) in [6.07, 6.45) is 3.90. The number of phenolic OH excluding ortho intramolecular Hbond substituents is 1. The first kappa shape index (κ1) is 30.0. The second-order valence-corrected chi connectivity index (χ2v) is 14.0. The van der Waals surface area contributed by atoms with E-state index in [1.54, 1.807) is 18.2 Å². The Kier molecular flexibility index (Phi) is 7.47. The fraction of sp³-hybridized carbons (Fsp3) is 0.588. The van der Waals surface area contributed by atoms with Crippen LogP contribution < -0.4 is 25.2 Å². The molecule has 0 amide bonds. The summed E-state index contributed by atoms with van der Waals surface area (Å²) >= 11 is 0. The summed E-state index contributed by atoms with van der Waals surface area (Å²) in [5, 5.41) is 29.0. The molecular weight excluding hydrogens is 592 g/mol. The summed E-state index contributed by atoms with van der Waals surface area (Å²) in [5.74, 6) is 0.732. The Morgan fingerprint density at radius 3 is 2.80 bits per heavy atom. The van der Waals surface area contributed by atoms with Crippen molar-refractivity contribution >= 4 is 22.3 Å². The van der Waals surface area contributed by atoms with E-state index in [1.165, 1.54) is 6.07 Å². The van der Waals surface area contributed by atoms with Crippen molar-refractivity contribution < 1.29 is 23.7 Å². The monoisotopic (exact) mass is 635 g/mol. The average Bonchev–Trinajstić information content (AvgIpc) is 3.70. The molecule has 46 heavy (non-hydrogen) atoms. The predicted molar refractivity (Wildman–Crippen MR) is 172 cm³/mol. The highest BCUT2D eigenvalue weighted by Crippen LogP contribution is 2.42. The Morgan fingerprint density at radius 1 is 1.11 bits per heavy atom. The van der Waals surface area contributed by atoms with Gasteiger partial charge in [0.25, 0.3) is 0 Å². The molecule has 4 N–H and O–H groups in total. The summed E-state index contributed by atoms with van der Waals surface area (Å²) in [7, 11) is 0. The van der Waals surface area contributed by atoms with Gasteiger partial charge in [0.1, 0.15) is 30.2 Å². The topological polar surface area (TPSA) is 109 Å². The van der Waals surface area contributed by atoms with E-state index < -0.39 is 12.5 Å². The molecule has 2 unspecified atom stereocenters. The van der Waals surface area contributed by atoms with Gasteiger partial charge in [-0.25, -0.2) is 8.78 Å². The van der Waals surface area contributed by atoms with Gasteiger partial charge < -0.3 is 24.7 Å². The lowest BCUT2D eigenvalue weighted by atomic mass is 9.89. The van der Waals surface area contributed by atoms with E-state index in [9.17, 15) is 14.6 Å². The number of hydrogen-bond acceptors (Lipinski definition) is 10. The molecule has 5 aliphatic heterocycles. The van der Waals surface area contributed by atoms with Crippen molar-refractivity contribution in [3.63, 3.8) is 0 Å². The van der Waals surface area contributed by atoms with Crippen LogP contribution >= 0.6 is 0 Å². The van der Waals surface area contributed by atoms with Gasteiger partial charge in [-0.1, -0.05) is 13.0 Å². The number of aromatic hydroxyl groups is 1. The summed E-state index contributed by atoms with van der Waals surface area (Å²) in [6.45, 7) is 6.89. The molecule has 1 spiro atoms. The molecule has 0 aliphatic carbocycles. The molecule has 12 heteroatoms. The first-order valence-corrected chi connectivity index (χ1v) is 16.8. The SMILES string of the molecule is CCc1c(F)ccc2cc(O)cc(N3CCc4c(nc(OC[C@@]56CCCN5C[C@H](F)C6)nc4N4CCCC5(CNC(O)N5)C4)C3)c12. The standard InChI is InChI=1S/C34H43F2N7O3/c1-2-24-26(36)6-5-21-13-23(44)14-28(29(21)24)41-12-7-25-27(17-41)38-32(46-20-34-9-4-11-43(34)16-22(35)15-34)39-30(25)42-10-3-8-33(19-42)18-37-31(45)40-33/h5-6,13-14,22,31,37,40,44-45H,2-4,7-12,15-20H2,1H3/t22-,31?,33?,34+/m1/s1. The minimum Gasteiger partial charge on any atom is -0.508 e. The quantitative estimate of drug-likeness (QED) is 0.322. The zero-order valence-corrected chi connectivity index (χ0v) is 26.4. The lowest BCUT2D eigenvalue weighted by Crippen LogP contribution is -2.57. The maximum Gasteiger partial charge on any atom is 0.318 e. The van der Waals surface area contributed by atoms with Crippen molar-refractivity contribution in [3.05, 3.63) is 46.9 Å². The maximum atomic E-state index is 15.0. The van der Waals surface area contributed by atoms with Gasteiger partial charge in [0.15, 0.2) is 6.35 Å². The van der Waals surface area contributed by atoms with E-state index in [2.05, 4.69) is 25.3 Å². The molecular formula is C34H43F2N7O3. The molecule has 4 fully saturated rings. The van der Waals surface area contributed by atoms with E-state index in [4.69, 9.17) is 14.7 Å². The lowest BCUT2D eigenvalue weighted by molar-refractivity contribution is 0.107. The number of nitrogens with zero attached hydrogens (tertiary/aromatic N) is 5. The number of aromatic nitrogens is 2. The third kappa shape index (κ3) is 5.14. The molecule has 246 valence electrons. The van der Waals surface area contributed by atoms with Crippen molar-refractivity contribution in [2.24, 2.45) is 0 Å². The normalized spacial score (nSPS) is 29.6. The molecule has 3 aromatic rings. The number of alkyl halides is 1. The highest BCUT2D eigenvalue weighted by atomic mass is 19.1. The Bertz CT molecular complexity index is 1660. The molecule has 8 rings (SSSR count). The average molecular weight is 636 g/mol. The van der Waals surface area contributed by atoms with Gasteiger partial charge in [-0.05, 0) is 68.2 Å². The van der Waals surface area contributed by atoms with Crippen molar-refractivity contribution in [3.8, 4) is 11.8 Å². The van der Waals surface area contributed by atoms with Gasteiger partial charge in [-0.3, -0.25) is 15.5 Å². The number of hydrogen-bond donors (Lipinski definition) is 4. The van der Waals surface area contributed by atoms with Gasteiger partial charge >= 0.3 is 6.01 Å². The molecule has 0 bridgehead atoms. The first-order valence-electron chi connectivity index (χ1n) is 16.8. The highest BCUT2D eigenvalue weighted by Gasteiger charge is 2.49. The largest absolute Gasteiger partial charge is 0.508 e. The third-order valence-electron chi connectivity index (χ3n) is 11.0. The summed E-state index contributed by atoms with van der Waals surface area (Å²) in [6, 6.07) is 6.90. The number of rotatable bonds is 6. The molecule has 1 aromatic heterocycles. The van der Waals surface area contributed by atoms with Crippen LogP contribution in [0.2, 0.25) is 0 Å². The van der Waals surface area contributed by atoms with Crippen LogP contribution in [0.25, 0.3) is 10.8 Å². The zero-order chi connectivity index (χ0) is 31.6. The molecule has 10 nitrogen and oxygen atoms in total. The van der Waals surface area contributed by atoms with Crippen molar-refractivity contribution in [2.45, 2.75) is 82.0 Å². The molecule has 6 heterocycles. The summed E-state index contributed by atoms with van der Waals surface area (Å²) < 4.78 is 36.0. The van der Waals surface area contributed by atoms with E-state index in [0.29, 0.717) is 64.2 Å². The van der Waals surface area contributed by atoms with E-state index >= 15 is 4.39 Å². The van der Waals surface area contributed by atoms with Crippen molar-refractivity contribution in [1.29, 1.82) is 0 Å². The van der Waals surface area contributed by atoms with Crippen LogP contribution in [0.4, 0.5) is 20.3 Å². The number of aryl methyl sites for hydroxylation is 1. The molecule has 5 aliphatic rings. The fourth-order valence-electron chi connectivity index (χ4n) is 8.90. The zero-order valence-electron chi connectivity index (χ0n) is 26.4. The number of anilines is 2. The molecule has 4 atom stereocenters. The van der Waals surface area contributed by atoms with E-state index in [-0.39, 0.29) is 28.7 Å². The van der Waals surface area contributed by atoms with Crippen LogP contribution in [0.15, 0.2) is 24.3 Å². The minimum absolute atomic E-state index is 0.135. The number of piperidine rings is 1. The van der Waals surface area contributed by atoms with Crippen LogP contribution in [-0.2, 0) is 19.4 Å². The third-order valence-corrected chi connectivity index (χ3v) is 11.0. The second-order valence-electron chi connectivity index (χ2n) is 14.0. The number of benzene rings is 2.